The van der Waals surface area contributed by atoms with E-state index >= 15 is 0 Å². The summed E-state index contributed by atoms with van der Waals surface area (Å²) in [5.74, 6) is 0.900. The number of benzene rings is 1. The molecule has 0 fully saturated rings. The number of nitrogens with zero attached hydrogens (tertiary/aromatic N) is 1. The van der Waals surface area contributed by atoms with E-state index in [0.717, 1.165) is 22.3 Å². The topological polar surface area (TPSA) is 34.1 Å². The van der Waals surface area contributed by atoms with Gasteiger partial charge in [0, 0.05) is 34.0 Å². The van der Waals surface area contributed by atoms with Crippen LogP contribution in [0.4, 0.5) is 0 Å². The molecule has 106 valence electrons. The van der Waals surface area contributed by atoms with Crippen LogP contribution < -0.4 is 10.1 Å². The van der Waals surface area contributed by atoms with Crippen molar-refractivity contribution in [3.63, 3.8) is 0 Å². The van der Waals surface area contributed by atoms with Crippen molar-refractivity contribution >= 4 is 15.9 Å². The van der Waals surface area contributed by atoms with E-state index < -0.39 is 0 Å². The molecule has 0 aliphatic carbocycles. The van der Waals surface area contributed by atoms with E-state index in [0.29, 0.717) is 6.61 Å². The number of ether oxygens (including phenoxy) is 1. The third-order valence-electron chi connectivity index (χ3n) is 3.07. The van der Waals surface area contributed by atoms with Crippen LogP contribution in [-0.2, 0) is 6.61 Å². The molecule has 2 aromatic rings. The third kappa shape index (κ3) is 4.05. The summed E-state index contributed by atoms with van der Waals surface area (Å²) in [7, 11) is 0. The highest BCUT2D eigenvalue weighted by Gasteiger charge is 2.11. The summed E-state index contributed by atoms with van der Waals surface area (Å²) in [5, 5.41) is 3.41. The van der Waals surface area contributed by atoms with Gasteiger partial charge in [-0.05, 0) is 31.7 Å². The molecular weight excluding hydrogens is 316 g/mol. The molecule has 3 nitrogen and oxygen atoms in total. The van der Waals surface area contributed by atoms with Gasteiger partial charge in [-0.3, -0.25) is 4.98 Å². The van der Waals surface area contributed by atoms with Gasteiger partial charge in [-0.1, -0.05) is 35.0 Å². The van der Waals surface area contributed by atoms with Gasteiger partial charge < -0.3 is 10.1 Å². The first-order valence-electron chi connectivity index (χ1n) is 6.75. The molecule has 0 aliphatic rings. The molecule has 0 bridgehead atoms. The van der Waals surface area contributed by atoms with Gasteiger partial charge in [-0.15, -0.1) is 0 Å². The number of nitrogens with one attached hydrogen (secondary N) is 1. The van der Waals surface area contributed by atoms with E-state index in [-0.39, 0.29) is 6.04 Å². The maximum atomic E-state index is 5.96. The Morgan fingerprint density at radius 1 is 1.35 bits per heavy atom. The van der Waals surface area contributed by atoms with Gasteiger partial charge in [0.2, 0.25) is 0 Å². The fourth-order valence-electron chi connectivity index (χ4n) is 2.05. The van der Waals surface area contributed by atoms with Crippen LogP contribution in [0.3, 0.4) is 0 Å². The Labute approximate surface area is 128 Å². The predicted octanol–water partition coefficient (Wildman–Crippen LogP) is 4.09. The van der Waals surface area contributed by atoms with E-state index in [2.05, 4.69) is 46.1 Å². The van der Waals surface area contributed by atoms with E-state index in [1.165, 1.54) is 5.56 Å². The van der Waals surface area contributed by atoms with Crippen molar-refractivity contribution in [2.45, 2.75) is 26.5 Å². The lowest BCUT2D eigenvalue weighted by Gasteiger charge is -2.18. The highest BCUT2D eigenvalue weighted by molar-refractivity contribution is 9.10. The summed E-state index contributed by atoms with van der Waals surface area (Å²) in [4.78, 5) is 4.10. The van der Waals surface area contributed by atoms with Crippen LogP contribution in [-0.4, -0.2) is 11.5 Å². The number of hydrogen-bond acceptors (Lipinski definition) is 3. The van der Waals surface area contributed by atoms with E-state index in [1.54, 1.807) is 6.20 Å². The molecule has 0 saturated carbocycles. The van der Waals surface area contributed by atoms with Crippen LogP contribution in [0.25, 0.3) is 0 Å². The summed E-state index contributed by atoms with van der Waals surface area (Å²) in [6.45, 7) is 5.70. The molecule has 1 aromatic carbocycles. The highest BCUT2D eigenvalue weighted by atomic mass is 79.9. The quantitative estimate of drug-likeness (QED) is 0.863. The zero-order chi connectivity index (χ0) is 14.4. The van der Waals surface area contributed by atoms with E-state index in [1.807, 2.05) is 30.5 Å². The zero-order valence-corrected chi connectivity index (χ0v) is 13.4. The molecule has 1 heterocycles. The van der Waals surface area contributed by atoms with Crippen LogP contribution >= 0.6 is 15.9 Å². The molecule has 4 heteroatoms. The molecule has 1 N–H and O–H groups in total. The zero-order valence-electron chi connectivity index (χ0n) is 11.8. The Morgan fingerprint density at radius 3 is 2.90 bits per heavy atom. The van der Waals surface area contributed by atoms with Crippen LogP contribution in [0.2, 0.25) is 0 Å². The Kier molecular flexibility index (Phi) is 5.56. The van der Waals surface area contributed by atoms with Crippen molar-refractivity contribution in [1.29, 1.82) is 0 Å². The standard InChI is InChI=1S/C16H19BrN2O/c1-3-19-12(2)15-7-6-14(17)9-16(15)20-11-13-5-4-8-18-10-13/h4-10,12,19H,3,11H2,1-2H3. The first-order chi connectivity index (χ1) is 9.70. The minimum atomic E-state index is 0.261. The highest BCUT2D eigenvalue weighted by Crippen LogP contribution is 2.29. The van der Waals surface area contributed by atoms with Crippen LogP contribution in [0.15, 0.2) is 47.2 Å². The molecule has 0 saturated heterocycles. The molecule has 0 radical (unpaired) electrons. The summed E-state index contributed by atoms with van der Waals surface area (Å²) in [5.41, 5.74) is 2.23. The van der Waals surface area contributed by atoms with Crippen molar-refractivity contribution in [2.24, 2.45) is 0 Å². The van der Waals surface area contributed by atoms with E-state index in [4.69, 9.17) is 4.74 Å². The van der Waals surface area contributed by atoms with Gasteiger partial charge in [0.25, 0.3) is 0 Å². The summed E-state index contributed by atoms with van der Waals surface area (Å²) in [6, 6.07) is 10.3. The molecule has 0 spiro atoms. The molecule has 1 aromatic heterocycles. The lowest BCUT2D eigenvalue weighted by molar-refractivity contribution is 0.299. The maximum Gasteiger partial charge on any atom is 0.125 e. The average molecular weight is 335 g/mol. The minimum Gasteiger partial charge on any atom is -0.488 e. The lowest BCUT2D eigenvalue weighted by Crippen LogP contribution is -2.18. The second-order valence-electron chi connectivity index (χ2n) is 4.61. The Balaban J connectivity index is 2.15. The number of aromatic nitrogens is 1. The third-order valence-corrected chi connectivity index (χ3v) is 3.56. The molecule has 2 rings (SSSR count). The number of pyridine rings is 1. The Bertz CT molecular complexity index is 545. The van der Waals surface area contributed by atoms with Gasteiger partial charge in [-0.25, -0.2) is 0 Å². The second-order valence-corrected chi connectivity index (χ2v) is 5.53. The SMILES string of the molecule is CCNC(C)c1ccc(Br)cc1OCc1cccnc1. The molecule has 0 aliphatic heterocycles. The number of rotatable bonds is 6. The smallest absolute Gasteiger partial charge is 0.125 e. The lowest BCUT2D eigenvalue weighted by atomic mass is 10.1. The molecule has 1 atom stereocenters. The summed E-state index contributed by atoms with van der Waals surface area (Å²) in [6.07, 6.45) is 3.59. The van der Waals surface area contributed by atoms with Gasteiger partial charge in [0.1, 0.15) is 12.4 Å². The first-order valence-corrected chi connectivity index (χ1v) is 7.54. The van der Waals surface area contributed by atoms with Gasteiger partial charge in [0.15, 0.2) is 0 Å². The van der Waals surface area contributed by atoms with Gasteiger partial charge >= 0.3 is 0 Å². The van der Waals surface area contributed by atoms with Crippen molar-refractivity contribution < 1.29 is 4.74 Å². The van der Waals surface area contributed by atoms with Gasteiger partial charge in [0.05, 0.1) is 0 Å². The van der Waals surface area contributed by atoms with Gasteiger partial charge in [-0.2, -0.15) is 0 Å². The Hall–Kier alpha value is -1.39. The van der Waals surface area contributed by atoms with Crippen molar-refractivity contribution in [3.8, 4) is 5.75 Å². The first kappa shape index (κ1) is 15.0. The molecule has 1 unspecified atom stereocenters. The molecule has 20 heavy (non-hydrogen) atoms. The summed E-state index contributed by atoms with van der Waals surface area (Å²) >= 11 is 3.50. The van der Waals surface area contributed by atoms with Crippen LogP contribution in [0.5, 0.6) is 5.75 Å². The normalized spacial score (nSPS) is 12.2. The minimum absolute atomic E-state index is 0.261. The number of hydrogen-bond donors (Lipinski definition) is 1. The largest absolute Gasteiger partial charge is 0.488 e. The van der Waals surface area contributed by atoms with Crippen molar-refractivity contribution in [2.75, 3.05) is 6.54 Å². The second kappa shape index (κ2) is 7.41. The van der Waals surface area contributed by atoms with Crippen molar-refractivity contribution in [1.82, 2.24) is 10.3 Å². The fraction of sp³-hybridized carbons (Fsp3) is 0.312. The van der Waals surface area contributed by atoms with E-state index in [9.17, 15) is 0 Å². The fourth-order valence-corrected chi connectivity index (χ4v) is 2.39. The van der Waals surface area contributed by atoms with Crippen molar-refractivity contribution in [3.05, 3.63) is 58.3 Å². The van der Waals surface area contributed by atoms with Crippen LogP contribution in [0.1, 0.15) is 31.0 Å². The average Bonchev–Trinajstić information content (AvgIpc) is 2.46. The maximum absolute atomic E-state index is 5.96. The number of halogens is 1. The molecular formula is C16H19BrN2O. The monoisotopic (exact) mass is 334 g/mol. The Morgan fingerprint density at radius 2 is 2.20 bits per heavy atom. The predicted molar refractivity (Wildman–Crippen MR) is 84.8 cm³/mol. The van der Waals surface area contributed by atoms with Crippen LogP contribution in [0, 0.1) is 0 Å². The summed E-state index contributed by atoms with van der Waals surface area (Å²) < 4.78 is 6.98. The molecule has 0 amide bonds.